The van der Waals surface area contributed by atoms with Crippen molar-refractivity contribution in [3.8, 4) is 11.5 Å². The number of carbonyl (C=O) groups excluding carboxylic acids is 1. The fraction of sp³-hybridized carbons (Fsp3) is 0.0769. The minimum atomic E-state index is -4.03. The van der Waals surface area contributed by atoms with E-state index >= 15 is 0 Å². The van der Waals surface area contributed by atoms with Crippen LogP contribution in [0.2, 0.25) is 0 Å². The van der Waals surface area contributed by atoms with Crippen LogP contribution in [-0.2, 0) is 10.1 Å². The molecule has 0 aromatic heterocycles. The highest BCUT2D eigenvalue weighted by Crippen LogP contribution is 2.23. The van der Waals surface area contributed by atoms with Crippen molar-refractivity contribution in [2.75, 3.05) is 7.11 Å². The third-order valence-corrected chi connectivity index (χ3v) is 6.30. The Bertz CT molecular complexity index is 1500. The molecule has 1 amide bonds. The van der Waals surface area contributed by atoms with Crippen LogP contribution in [0.15, 0.2) is 94.9 Å². The lowest BCUT2D eigenvalue weighted by molar-refractivity contribution is 0.0952. The van der Waals surface area contributed by atoms with E-state index in [2.05, 4.69) is 10.5 Å². The quantitative estimate of drug-likeness (QED) is 0.238. The molecule has 0 unspecified atom stereocenters. The van der Waals surface area contributed by atoms with Crippen LogP contribution in [0.5, 0.6) is 11.5 Å². The highest BCUT2D eigenvalue weighted by Gasteiger charge is 2.17. The monoisotopic (exact) mass is 474 g/mol. The molecule has 0 atom stereocenters. The first-order valence-corrected chi connectivity index (χ1v) is 11.8. The van der Waals surface area contributed by atoms with Crippen molar-refractivity contribution in [2.24, 2.45) is 5.10 Å². The maximum absolute atomic E-state index is 12.8. The van der Waals surface area contributed by atoms with Gasteiger partial charge in [-0.05, 0) is 65.2 Å². The van der Waals surface area contributed by atoms with Gasteiger partial charge in [0.25, 0.3) is 5.91 Å². The predicted octanol–water partition coefficient (Wildman–Crippen LogP) is 4.69. The zero-order valence-electron chi connectivity index (χ0n) is 18.6. The number of hydrogen-bond donors (Lipinski definition) is 1. The molecule has 7 nitrogen and oxygen atoms in total. The van der Waals surface area contributed by atoms with Crippen molar-refractivity contribution in [3.63, 3.8) is 0 Å². The van der Waals surface area contributed by atoms with Gasteiger partial charge in [-0.15, -0.1) is 0 Å². The van der Waals surface area contributed by atoms with Crippen LogP contribution in [0.25, 0.3) is 10.8 Å². The van der Waals surface area contributed by atoms with E-state index in [4.69, 9.17) is 8.92 Å². The van der Waals surface area contributed by atoms with Gasteiger partial charge in [0.1, 0.15) is 16.4 Å². The van der Waals surface area contributed by atoms with Crippen LogP contribution in [-0.4, -0.2) is 27.6 Å². The van der Waals surface area contributed by atoms with E-state index in [1.807, 2.05) is 31.2 Å². The standard InChI is InChI=1S/C26H22N2O5S/c1-18-10-13-24(25(14-18)32-2)26(29)28-27-17-19-6-5-9-22(15-19)33-34(30,31)23-12-11-20-7-3-4-8-21(20)16-23/h3-17H,1-2H3,(H,28,29)/b27-17-. The Morgan fingerprint density at radius 2 is 1.71 bits per heavy atom. The largest absolute Gasteiger partial charge is 0.496 e. The van der Waals surface area contributed by atoms with Gasteiger partial charge >= 0.3 is 10.1 Å². The Morgan fingerprint density at radius 1 is 0.912 bits per heavy atom. The lowest BCUT2D eigenvalue weighted by atomic mass is 10.1. The Labute approximate surface area is 197 Å². The topological polar surface area (TPSA) is 94.1 Å². The predicted molar refractivity (Wildman–Crippen MR) is 131 cm³/mol. The van der Waals surface area contributed by atoms with Crippen LogP contribution < -0.4 is 14.3 Å². The molecule has 4 aromatic rings. The van der Waals surface area contributed by atoms with Crippen molar-refractivity contribution >= 4 is 33.0 Å². The zero-order chi connectivity index (χ0) is 24.1. The molecule has 8 heteroatoms. The molecule has 0 fully saturated rings. The summed E-state index contributed by atoms with van der Waals surface area (Å²) in [5, 5.41) is 5.70. The molecule has 0 aliphatic rings. The molecule has 34 heavy (non-hydrogen) atoms. The first-order chi connectivity index (χ1) is 16.4. The van der Waals surface area contributed by atoms with E-state index in [9.17, 15) is 13.2 Å². The number of nitrogens with zero attached hydrogens (tertiary/aromatic N) is 1. The van der Waals surface area contributed by atoms with Crippen LogP contribution in [0, 0.1) is 6.92 Å². The number of nitrogens with one attached hydrogen (secondary N) is 1. The van der Waals surface area contributed by atoms with Crippen LogP contribution in [0.4, 0.5) is 0 Å². The van der Waals surface area contributed by atoms with Crippen molar-refractivity contribution in [2.45, 2.75) is 11.8 Å². The van der Waals surface area contributed by atoms with Gasteiger partial charge in [0, 0.05) is 0 Å². The van der Waals surface area contributed by atoms with Crippen molar-refractivity contribution in [1.82, 2.24) is 5.43 Å². The Hall–Kier alpha value is -4.17. The number of hydrazone groups is 1. The van der Waals surface area contributed by atoms with Crippen molar-refractivity contribution < 1.29 is 22.1 Å². The second-order valence-electron chi connectivity index (χ2n) is 7.52. The molecular weight excluding hydrogens is 452 g/mol. The van der Waals surface area contributed by atoms with Gasteiger partial charge in [0.05, 0.1) is 18.9 Å². The van der Waals surface area contributed by atoms with Crippen molar-refractivity contribution in [1.29, 1.82) is 0 Å². The lowest BCUT2D eigenvalue weighted by Crippen LogP contribution is -2.18. The molecule has 1 N–H and O–H groups in total. The zero-order valence-corrected chi connectivity index (χ0v) is 19.4. The first kappa shape index (κ1) is 23.0. The van der Waals surface area contributed by atoms with Gasteiger partial charge in [-0.25, -0.2) is 5.43 Å². The molecule has 4 aromatic carbocycles. The third-order valence-electron chi connectivity index (χ3n) is 5.06. The average Bonchev–Trinajstić information content (AvgIpc) is 2.83. The summed E-state index contributed by atoms with van der Waals surface area (Å²) in [5.74, 6) is 0.144. The smallest absolute Gasteiger partial charge is 0.339 e. The minimum Gasteiger partial charge on any atom is -0.496 e. The number of aryl methyl sites for hydroxylation is 1. The van der Waals surface area contributed by atoms with E-state index in [-0.39, 0.29) is 10.6 Å². The number of benzene rings is 4. The normalized spacial score (nSPS) is 11.5. The molecule has 0 heterocycles. The van der Waals surface area contributed by atoms with E-state index in [1.54, 1.807) is 42.5 Å². The van der Waals surface area contributed by atoms with Gasteiger partial charge < -0.3 is 8.92 Å². The summed E-state index contributed by atoms with van der Waals surface area (Å²) in [6.45, 7) is 1.90. The lowest BCUT2D eigenvalue weighted by Gasteiger charge is -2.09. The van der Waals surface area contributed by atoms with Gasteiger partial charge in [-0.2, -0.15) is 13.5 Å². The summed E-state index contributed by atoms with van der Waals surface area (Å²) in [6.07, 6.45) is 1.40. The number of amides is 1. The van der Waals surface area contributed by atoms with E-state index < -0.39 is 16.0 Å². The summed E-state index contributed by atoms with van der Waals surface area (Å²) >= 11 is 0. The summed E-state index contributed by atoms with van der Waals surface area (Å²) in [7, 11) is -2.54. The third kappa shape index (κ3) is 5.24. The van der Waals surface area contributed by atoms with Gasteiger partial charge in [0.2, 0.25) is 0 Å². The van der Waals surface area contributed by atoms with E-state index in [0.29, 0.717) is 16.9 Å². The first-order valence-electron chi connectivity index (χ1n) is 10.4. The number of methoxy groups -OCH3 is 1. The number of ether oxygens (including phenoxy) is 1. The highest BCUT2D eigenvalue weighted by atomic mass is 32.2. The van der Waals surface area contributed by atoms with Gasteiger partial charge in [-0.1, -0.05) is 48.5 Å². The van der Waals surface area contributed by atoms with Crippen molar-refractivity contribution in [3.05, 3.63) is 102 Å². The number of hydrogen-bond acceptors (Lipinski definition) is 6. The molecule has 172 valence electrons. The number of rotatable bonds is 7. The molecule has 0 spiro atoms. The molecule has 0 aliphatic carbocycles. The number of fused-ring (bicyclic) bond motifs is 1. The summed E-state index contributed by atoms with van der Waals surface area (Å²) in [5.41, 5.74) is 4.30. The fourth-order valence-electron chi connectivity index (χ4n) is 3.36. The maximum Gasteiger partial charge on any atom is 0.339 e. The van der Waals surface area contributed by atoms with Gasteiger partial charge in [-0.3, -0.25) is 4.79 Å². The van der Waals surface area contributed by atoms with Crippen LogP contribution >= 0.6 is 0 Å². The molecule has 0 saturated heterocycles. The Morgan fingerprint density at radius 3 is 2.50 bits per heavy atom. The summed E-state index contributed by atoms with van der Waals surface area (Å²) in [6, 6.07) is 23.9. The fourth-order valence-corrected chi connectivity index (χ4v) is 4.32. The Kier molecular flexibility index (Phi) is 6.60. The second kappa shape index (κ2) is 9.76. The average molecular weight is 475 g/mol. The number of carbonyl (C=O) groups is 1. The highest BCUT2D eigenvalue weighted by molar-refractivity contribution is 7.87. The van der Waals surface area contributed by atoms with Gasteiger partial charge in [0.15, 0.2) is 0 Å². The summed E-state index contributed by atoms with van der Waals surface area (Å²) < 4.78 is 36.1. The second-order valence-corrected chi connectivity index (χ2v) is 9.07. The maximum atomic E-state index is 12.8. The SMILES string of the molecule is COc1cc(C)ccc1C(=O)N/N=C\c1cccc(OS(=O)(=O)c2ccc3ccccc3c2)c1. The Balaban J connectivity index is 1.47. The molecule has 0 saturated carbocycles. The van der Waals surface area contributed by atoms with E-state index in [1.165, 1.54) is 31.5 Å². The van der Waals surface area contributed by atoms with Crippen LogP contribution in [0.1, 0.15) is 21.5 Å². The molecule has 4 rings (SSSR count). The molecule has 0 aliphatic heterocycles. The van der Waals surface area contributed by atoms with Crippen LogP contribution in [0.3, 0.4) is 0 Å². The minimum absolute atomic E-state index is 0.0598. The molecule has 0 bridgehead atoms. The summed E-state index contributed by atoms with van der Waals surface area (Å²) in [4.78, 5) is 12.5. The molecule has 0 radical (unpaired) electrons. The molecular formula is C26H22N2O5S. The van der Waals surface area contributed by atoms with E-state index in [0.717, 1.165) is 16.3 Å².